The second kappa shape index (κ2) is 7.85. The lowest BCUT2D eigenvalue weighted by Gasteiger charge is -2.16. The number of halogens is 1. The van der Waals surface area contributed by atoms with Gasteiger partial charge in [-0.1, -0.05) is 13.8 Å². The van der Waals surface area contributed by atoms with Gasteiger partial charge in [-0.3, -0.25) is 10.1 Å². The fraction of sp³-hybridized carbons (Fsp3) is 0.375. The summed E-state index contributed by atoms with van der Waals surface area (Å²) in [6.07, 6.45) is 0. The van der Waals surface area contributed by atoms with Gasteiger partial charge in [0.25, 0.3) is 5.91 Å². The van der Waals surface area contributed by atoms with E-state index in [4.69, 9.17) is 14.2 Å². The Hall–Kier alpha value is -1.80. The molecule has 6 nitrogen and oxygen atoms in total. The highest BCUT2D eigenvalue weighted by molar-refractivity contribution is 9.10. The van der Waals surface area contributed by atoms with Gasteiger partial charge in [-0.25, -0.2) is 4.98 Å². The minimum atomic E-state index is -0.314. The quantitative estimate of drug-likeness (QED) is 0.762. The summed E-state index contributed by atoms with van der Waals surface area (Å²) < 4.78 is 16.4. The lowest BCUT2D eigenvalue weighted by atomic mass is 10.1. The van der Waals surface area contributed by atoms with Gasteiger partial charge in [0.2, 0.25) is 5.75 Å². The van der Waals surface area contributed by atoms with Crippen LogP contribution >= 0.6 is 27.3 Å². The van der Waals surface area contributed by atoms with Crippen LogP contribution in [0, 0.1) is 0 Å². The van der Waals surface area contributed by atoms with Crippen LogP contribution in [-0.2, 0) is 0 Å². The molecule has 2 aromatic rings. The molecule has 0 saturated carbocycles. The van der Waals surface area contributed by atoms with Gasteiger partial charge in [0.05, 0.1) is 37.1 Å². The third-order valence-electron chi connectivity index (χ3n) is 3.35. The van der Waals surface area contributed by atoms with Gasteiger partial charge >= 0.3 is 0 Å². The molecule has 0 saturated heterocycles. The first-order valence-electron chi connectivity index (χ1n) is 7.18. The fourth-order valence-corrected chi connectivity index (χ4v) is 3.56. The summed E-state index contributed by atoms with van der Waals surface area (Å²) in [6, 6.07) is 1.59. The number of carbonyl (C=O) groups excluding carboxylic acids is 1. The van der Waals surface area contributed by atoms with E-state index in [-0.39, 0.29) is 5.91 Å². The summed E-state index contributed by atoms with van der Waals surface area (Å²) in [6.45, 7) is 4.10. The van der Waals surface area contributed by atoms with E-state index < -0.39 is 0 Å². The predicted octanol–water partition coefficient (Wildman–Crippen LogP) is 4.31. The number of aromatic nitrogens is 1. The first kappa shape index (κ1) is 18.5. The van der Waals surface area contributed by atoms with Gasteiger partial charge in [0, 0.05) is 5.38 Å². The van der Waals surface area contributed by atoms with Crippen LogP contribution in [0.25, 0.3) is 0 Å². The Bertz CT molecular complexity index is 746. The lowest BCUT2D eigenvalue weighted by Crippen LogP contribution is -2.13. The second-order valence-corrected chi connectivity index (χ2v) is 6.84. The van der Waals surface area contributed by atoms with E-state index in [1.54, 1.807) is 6.07 Å². The highest BCUT2D eigenvalue weighted by Gasteiger charge is 2.23. The largest absolute Gasteiger partial charge is 0.493 e. The highest BCUT2D eigenvalue weighted by atomic mass is 79.9. The number of methoxy groups -OCH3 is 3. The van der Waals surface area contributed by atoms with E-state index in [1.807, 2.05) is 5.38 Å². The number of benzene rings is 1. The molecule has 0 bridgehead atoms. The van der Waals surface area contributed by atoms with Crippen molar-refractivity contribution in [3.63, 3.8) is 0 Å². The molecule has 0 unspecified atom stereocenters. The molecule has 1 N–H and O–H groups in total. The Labute approximate surface area is 153 Å². The topological polar surface area (TPSA) is 69.7 Å². The molecule has 24 heavy (non-hydrogen) atoms. The van der Waals surface area contributed by atoms with Crippen molar-refractivity contribution in [3.05, 3.63) is 27.2 Å². The zero-order valence-corrected chi connectivity index (χ0v) is 16.5. The third-order valence-corrected chi connectivity index (χ3v) is 4.91. The SMILES string of the molecule is COc1cc(C(=O)Nc2nc(C(C)C)cs2)c(Br)c(OC)c1OC. The lowest BCUT2D eigenvalue weighted by molar-refractivity contribution is 0.102. The van der Waals surface area contributed by atoms with E-state index in [2.05, 4.69) is 40.1 Å². The average Bonchev–Trinajstić information content (AvgIpc) is 3.02. The molecule has 0 radical (unpaired) electrons. The van der Waals surface area contributed by atoms with E-state index in [0.29, 0.717) is 38.3 Å². The maximum atomic E-state index is 12.6. The zero-order valence-electron chi connectivity index (χ0n) is 14.1. The predicted molar refractivity (Wildman–Crippen MR) is 98.0 cm³/mol. The fourth-order valence-electron chi connectivity index (χ4n) is 2.06. The molecule has 2 rings (SSSR count). The number of thiazole rings is 1. The van der Waals surface area contributed by atoms with Crippen molar-refractivity contribution in [2.75, 3.05) is 26.6 Å². The standard InChI is InChI=1S/C16H19BrN2O4S/c1-8(2)10-7-24-16(18-10)19-15(20)9-6-11(21-3)13(22-4)14(23-5)12(9)17/h6-8H,1-5H3,(H,18,19,20). The van der Waals surface area contributed by atoms with Crippen LogP contribution in [-0.4, -0.2) is 32.2 Å². The Morgan fingerprint density at radius 1 is 1.21 bits per heavy atom. The molecular weight excluding hydrogens is 396 g/mol. The number of hydrogen-bond donors (Lipinski definition) is 1. The Kier molecular flexibility index (Phi) is 6.06. The van der Waals surface area contributed by atoms with Crippen LogP contribution in [0.1, 0.15) is 35.8 Å². The van der Waals surface area contributed by atoms with E-state index >= 15 is 0 Å². The van der Waals surface area contributed by atoms with Crippen molar-refractivity contribution in [1.82, 2.24) is 4.98 Å². The summed E-state index contributed by atoms with van der Waals surface area (Å²) in [4.78, 5) is 17.0. The molecule has 1 heterocycles. The molecular formula is C16H19BrN2O4S. The van der Waals surface area contributed by atoms with Crippen molar-refractivity contribution >= 4 is 38.3 Å². The molecule has 0 atom stereocenters. The Morgan fingerprint density at radius 2 is 1.88 bits per heavy atom. The molecule has 8 heteroatoms. The maximum Gasteiger partial charge on any atom is 0.258 e. The summed E-state index contributed by atoms with van der Waals surface area (Å²) in [5.41, 5.74) is 1.31. The Balaban J connectivity index is 2.37. The molecule has 0 aliphatic carbocycles. The zero-order chi connectivity index (χ0) is 17.9. The summed E-state index contributed by atoms with van der Waals surface area (Å²) in [7, 11) is 4.51. The Morgan fingerprint density at radius 3 is 2.38 bits per heavy atom. The van der Waals surface area contributed by atoms with Gasteiger partial charge in [-0.05, 0) is 27.9 Å². The maximum absolute atomic E-state index is 12.6. The van der Waals surface area contributed by atoms with Crippen LogP contribution in [0.15, 0.2) is 15.9 Å². The minimum Gasteiger partial charge on any atom is -0.493 e. The van der Waals surface area contributed by atoms with Crippen molar-refractivity contribution in [3.8, 4) is 17.2 Å². The molecule has 130 valence electrons. The second-order valence-electron chi connectivity index (χ2n) is 5.19. The number of nitrogens with zero attached hydrogens (tertiary/aromatic N) is 1. The van der Waals surface area contributed by atoms with Gasteiger partial charge in [0.1, 0.15) is 0 Å². The smallest absolute Gasteiger partial charge is 0.258 e. The summed E-state index contributed by atoms with van der Waals surface area (Å²) in [5, 5.41) is 5.28. The molecule has 0 spiro atoms. The molecule has 1 aromatic carbocycles. The van der Waals surface area contributed by atoms with Gasteiger partial charge in [-0.15, -0.1) is 11.3 Å². The number of ether oxygens (including phenoxy) is 3. The van der Waals surface area contributed by atoms with Crippen molar-refractivity contribution in [2.45, 2.75) is 19.8 Å². The summed E-state index contributed by atoms with van der Waals surface area (Å²) in [5.74, 6) is 1.21. The van der Waals surface area contributed by atoms with E-state index in [9.17, 15) is 4.79 Å². The van der Waals surface area contributed by atoms with Crippen LogP contribution in [0.2, 0.25) is 0 Å². The molecule has 1 aromatic heterocycles. The molecule has 0 aliphatic rings. The third kappa shape index (κ3) is 3.64. The van der Waals surface area contributed by atoms with Crippen LogP contribution in [0.4, 0.5) is 5.13 Å². The average molecular weight is 415 g/mol. The number of carbonyl (C=O) groups is 1. The van der Waals surface area contributed by atoms with Crippen molar-refractivity contribution < 1.29 is 19.0 Å². The van der Waals surface area contributed by atoms with Crippen LogP contribution in [0.5, 0.6) is 17.2 Å². The van der Waals surface area contributed by atoms with Gasteiger partial charge < -0.3 is 14.2 Å². The first-order chi connectivity index (χ1) is 11.4. The molecule has 0 aliphatic heterocycles. The monoisotopic (exact) mass is 414 g/mol. The van der Waals surface area contributed by atoms with Crippen molar-refractivity contribution in [2.24, 2.45) is 0 Å². The number of rotatable bonds is 6. The van der Waals surface area contributed by atoms with Gasteiger partial charge in [-0.2, -0.15) is 0 Å². The molecule has 0 fully saturated rings. The van der Waals surface area contributed by atoms with E-state index in [0.717, 1.165) is 5.69 Å². The highest BCUT2D eigenvalue weighted by Crippen LogP contribution is 2.44. The normalized spacial score (nSPS) is 10.6. The number of nitrogens with one attached hydrogen (secondary N) is 1. The van der Waals surface area contributed by atoms with Gasteiger partial charge in [0.15, 0.2) is 16.6 Å². The van der Waals surface area contributed by atoms with E-state index in [1.165, 1.54) is 32.7 Å². The number of anilines is 1. The van der Waals surface area contributed by atoms with Crippen molar-refractivity contribution in [1.29, 1.82) is 0 Å². The molecule has 1 amide bonds. The number of amides is 1. The summed E-state index contributed by atoms with van der Waals surface area (Å²) >= 11 is 4.79. The minimum absolute atomic E-state index is 0.305. The van der Waals surface area contributed by atoms with Crippen LogP contribution in [0.3, 0.4) is 0 Å². The van der Waals surface area contributed by atoms with Crippen LogP contribution < -0.4 is 19.5 Å². The number of hydrogen-bond acceptors (Lipinski definition) is 6. The first-order valence-corrected chi connectivity index (χ1v) is 8.85.